The molecule has 0 radical (unpaired) electrons. The van der Waals surface area contributed by atoms with Crippen LogP contribution in [-0.2, 0) is 47.9 Å². The van der Waals surface area contributed by atoms with Gasteiger partial charge in [-0.3, -0.25) is 43.2 Å². The Kier molecular flexibility index (Phi) is 34.7. The quantitative estimate of drug-likeness (QED) is 0.0129. The minimum Gasteiger partial charge on any atom is -0.597 e. The second-order valence-electron chi connectivity index (χ2n) is 18.2. The molecule has 9 amide bonds. The van der Waals surface area contributed by atoms with E-state index in [1.54, 1.807) is 0 Å². The van der Waals surface area contributed by atoms with Gasteiger partial charge < -0.3 is 94.8 Å². The Hall–Kier alpha value is -7.06. The van der Waals surface area contributed by atoms with E-state index in [1.807, 2.05) is 5.32 Å². The van der Waals surface area contributed by atoms with Crippen molar-refractivity contribution in [3.63, 3.8) is 0 Å². The smallest absolute Gasteiger partial charge is 0.335 e. The molecule has 32 nitrogen and oxygen atoms in total. The highest BCUT2D eigenvalue weighted by Crippen LogP contribution is 2.12. The Balaban J connectivity index is 3.45. The number of carbonyl (C=O) groups is 10. The lowest BCUT2D eigenvalue weighted by molar-refractivity contribution is -0.556. The van der Waals surface area contributed by atoms with Gasteiger partial charge in [0.05, 0.1) is 19.8 Å². The van der Waals surface area contributed by atoms with Gasteiger partial charge in [0, 0.05) is 25.8 Å². The van der Waals surface area contributed by atoms with Gasteiger partial charge in [0.25, 0.3) is 0 Å². The highest BCUT2D eigenvalue weighted by atomic mass is 16.6. The highest BCUT2D eigenvalue weighted by molar-refractivity contribution is 5.98. The molecule has 0 aromatic heterocycles. The zero-order valence-corrected chi connectivity index (χ0v) is 43.5. The summed E-state index contributed by atoms with van der Waals surface area (Å²) in [5, 5.41) is 107. The van der Waals surface area contributed by atoms with Crippen LogP contribution in [0.2, 0.25) is 0 Å². The van der Waals surface area contributed by atoms with E-state index >= 15 is 0 Å². The van der Waals surface area contributed by atoms with E-state index in [2.05, 4.69) is 60.0 Å². The Morgan fingerprint density at radius 2 is 1.17 bits per heavy atom. The average Bonchev–Trinajstić information content (AvgIpc) is 3.40. The Labute approximate surface area is 444 Å². The van der Waals surface area contributed by atoms with Crippen molar-refractivity contribution >= 4 is 59.1 Å². The zero-order chi connectivity index (χ0) is 57.7. The summed E-state index contributed by atoms with van der Waals surface area (Å²) in [5.74, 6) is -11.3. The molecule has 77 heavy (non-hydrogen) atoms. The van der Waals surface area contributed by atoms with Crippen LogP contribution in [0.15, 0.2) is 10.6 Å². The molecule has 0 aliphatic carbocycles. The zero-order valence-electron chi connectivity index (χ0n) is 43.5. The number of aliphatic hydroxyl groups excluding tert-OH is 3. The molecule has 1 heterocycles. The fourth-order valence-electron chi connectivity index (χ4n) is 7.71. The third kappa shape index (κ3) is 28.1. The van der Waals surface area contributed by atoms with Crippen LogP contribution in [0, 0.1) is 10.4 Å². The number of aliphatic carboxylic acids is 1. The molecule has 0 aromatic carbocycles. The van der Waals surface area contributed by atoms with E-state index in [1.165, 1.54) is 0 Å². The molecule has 1 fully saturated rings. The normalized spacial score (nSPS) is 20.0. The van der Waals surface area contributed by atoms with Gasteiger partial charge >= 0.3 is 5.97 Å². The fourth-order valence-corrected chi connectivity index (χ4v) is 7.71. The number of carboxylic acid groups (broad SMARTS) is 1. The molecule has 17 N–H and O–H groups in total. The molecule has 0 bridgehead atoms. The van der Waals surface area contributed by atoms with E-state index in [9.17, 15) is 78.8 Å². The van der Waals surface area contributed by atoms with Crippen LogP contribution >= 0.6 is 0 Å². The van der Waals surface area contributed by atoms with Gasteiger partial charge in [0.1, 0.15) is 42.3 Å². The highest BCUT2D eigenvalue weighted by Gasteiger charge is 2.37. The Morgan fingerprint density at radius 1 is 0.662 bits per heavy atom. The second kappa shape index (κ2) is 39.3. The Bertz CT molecular complexity index is 1970. The number of nitrogens with one attached hydrogen (secondary N) is 9. The molecular formula is C45H80N14O18. The van der Waals surface area contributed by atoms with Crippen molar-refractivity contribution in [3.05, 3.63) is 10.4 Å². The predicted octanol–water partition coefficient (Wildman–Crippen LogP) is -3.85. The summed E-state index contributed by atoms with van der Waals surface area (Å²) in [6.07, 6.45) is 5.06. The van der Waals surface area contributed by atoms with Crippen molar-refractivity contribution in [3.8, 4) is 0 Å². The van der Waals surface area contributed by atoms with Crippen molar-refractivity contribution in [1.29, 1.82) is 0 Å². The molecule has 1 aliphatic rings. The summed E-state index contributed by atoms with van der Waals surface area (Å²) >= 11 is 0. The van der Waals surface area contributed by atoms with E-state index in [0.717, 1.165) is 44.9 Å². The van der Waals surface area contributed by atoms with Crippen LogP contribution in [0.25, 0.3) is 0 Å². The van der Waals surface area contributed by atoms with Crippen molar-refractivity contribution < 1.29 is 88.5 Å². The van der Waals surface area contributed by atoms with Gasteiger partial charge in [-0.05, 0) is 57.9 Å². The number of unbranched alkanes of at least 4 members (excludes halogenated alkanes) is 9. The van der Waals surface area contributed by atoms with Crippen molar-refractivity contribution in [2.24, 2.45) is 16.3 Å². The number of aliphatic hydroxyl groups is 3. The molecule has 1 aliphatic heterocycles. The third-order valence-electron chi connectivity index (χ3n) is 12.1. The summed E-state index contributed by atoms with van der Waals surface area (Å²) in [4.78, 5) is 133. The van der Waals surface area contributed by atoms with Crippen LogP contribution in [0.3, 0.4) is 0 Å². The van der Waals surface area contributed by atoms with E-state index < -0.39 is 134 Å². The summed E-state index contributed by atoms with van der Waals surface area (Å²) < 4.78 is 0. The Morgan fingerprint density at radius 3 is 1.73 bits per heavy atom. The molecule has 0 saturated carbocycles. The van der Waals surface area contributed by atoms with E-state index in [4.69, 9.17) is 16.1 Å². The molecule has 32 heteroatoms. The first-order chi connectivity index (χ1) is 36.8. The van der Waals surface area contributed by atoms with Gasteiger partial charge in [0.2, 0.25) is 53.2 Å². The van der Waals surface area contributed by atoms with Gasteiger partial charge in [-0.1, -0.05) is 68.0 Å². The maximum absolute atomic E-state index is 14.1. The number of hydroxylamine groups is 2. The van der Waals surface area contributed by atoms with Crippen LogP contribution in [-0.4, -0.2) is 194 Å². The largest absolute Gasteiger partial charge is 0.597 e. The number of nitrogens with zero attached hydrogens (tertiary/aromatic N) is 4. The SMILES string of the molecule is CCCCCCCCCCCC(=O)N[C@H](C(=O)N[C@@H](CO)C(=O)N[C@H](CO)C(=O)N[C@H]1CCCNC(=O)[C@@H](CCC[N+]([O-])=NO)NC(=O)CNC(=O)[C@H](CCCCN)NC(=O)[C@@H](CCC[N+]([O-])=NO)NC1=O)[C@@H](O)C(=O)O. The van der Waals surface area contributed by atoms with Crippen LogP contribution < -0.4 is 53.6 Å². The minimum atomic E-state index is -2.51. The molecule has 0 unspecified atom stereocenters. The molecule has 0 spiro atoms. The van der Waals surface area contributed by atoms with Gasteiger partial charge in [-0.25, -0.2) is 4.79 Å². The second-order valence-corrected chi connectivity index (χ2v) is 18.2. The van der Waals surface area contributed by atoms with Crippen molar-refractivity contribution in [2.75, 3.05) is 45.9 Å². The lowest BCUT2D eigenvalue weighted by atomic mass is 10.0. The molecule has 438 valence electrons. The number of hydrogen-bond acceptors (Lipinski definition) is 18. The predicted molar refractivity (Wildman–Crippen MR) is 265 cm³/mol. The number of carbonyl (C=O) groups excluding carboxylic acids is 9. The van der Waals surface area contributed by atoms with Crippen LogP contribution in [0.1, 0.15) is 129 Å². The molecule has 1 rings (SSSR count). The monoisotopic (exact) mass is 1100 g/mol. The average molecular weight is 1110 g/mol. The van der Waals surface area contributed by atoms with Gasteiger partial charge in [-0.15, -0.1) is 0 Å². The summed E-state index contributed by atoms with van der Waals surface area (Å²) in [5.41, 5.74) is 5.63. The minimum absolute atomic E-state index is 0.0317. The van der Waals surface area contributed by atoms with Crippen molar-refractivity contribution in [2.45, 2.75) is 177 Å². The first kappa shape index (κ1) is 68.0. The summed E-state index contributed by atoms with van der Waals surface area (Å²) in [6.45, 7) is -1.88. The summed E-state index contributed by atoms with van der Waals surface area (Å²) in [6, 6.07) is -12.0. The molecular weight excluding hydrogens is 1020 g/mol. The van der Waals surface area contributed by atoms with Crippen LogP contribution in [0.4, 0.5) is 0 Å². The first-order valence-corrected chi connectivity index (χ1v) is 25.8. The molecule has 8 atom stereocenters. The topological polar surface area (TPSA) is 503 Å². The van der Waals surface area contributed by atoms with Gasteiger partial charge in [-0.2, -0.15) is 0 Å². The van der Waals surface area contributed by atoms with E-state index in [0.29, 0.717) is 19.3 Å². The maximum atomic E-state index is 14.1. The van der Waals surface area contributed by atoms with Gasteiger partial charge in [0.15, 0.2) is 29.7 Å². The molecule has 0 aromatic rings. The lowest BCUT2D eigenvalue weighted by Crippen LogP contribution is -2.62. The third-order valence-corrected chi connectivity index (χ3v) is 12.1. The number of nitrogens with two attached hydrogens (primary N) is 1. The number of amides is 9. The lowest BCUT2D eigenvalue weighted by Gasteiger charge is -2.27. The summed E-state index contributed by atoms with van der Waals surface area (Å²) in [7, 11) is 0. The molecule has 1 saturated heterocycles. The number of carboxylic acids is 1. The van der Waals surface area contributed by atoms with E-state index in [-0.39, 0.29) is 87.1 Å². The first-order valence-electron chi connectivity index (χ1n) is 25.8. The number of rotatable bonds is 33. The van der Waals surface area contributed by atoms with Crippen LogP contribution in [0.5, 0.6) is 0 Å². The fraction of sp³-hybridized carbons (Fsp3) is 0.778. The van der Waals surface area contributed by atoms with Crippen molar-refractivity contribution in [1.82, 2.24) is 47.9 Å². The maximum Gasteiger partial charge on any atom is 0.335 e. The standard InChI is InChI=1S/C45H80N14O18/c1-2-3-4-5-6-7-8-9-10-20-34(62)55-36(37(64)45(72)73)44(71)54-33(27-61)43(70)53-32(26-60)42(69)52-30-17-13-22-47-38(65)28(18-14-23-58(76)56-74)49-35(63)25-48-39(66)29(16-11-12-21-46)50-41(68)31(51-40(30)67)19-15-24-59(77)57-75/h28-33,36-37,60-61,64,74-75H,2-27,46H2,1H3,(H,47,65)(H,48,66)(H,49,63)(H,50,68)(H,51,67)(H,52,69)(H,53,70)(H,54,71)(H,55,62)(H,72,73)/t28-,29+,30+,31-,32-,33+,36+,37-/m1/s1. The number of hydrogen-bond donors (Lipinski definition) is 16.